The van der Waals surface area contributed by atoms with Crippen LogP contribution in [0.15, 0.2) is 28.2 Å². The van der Waals surface area contributed by atoms with E-state index in [1.807, 2.05) is 13.8 Å². The van der Waals surface area contributed by atoms with Crippen molar-refractivity contribution < 1.29 is 19.6 Å². The summed E-state index contributed by atoms with van der Waals surface area (Å²) in [5.74, 6) is -1.25. The summed E-state index contributed by atoms with van der Waals surface area (Å²) in [6, 6.07) is 2.61. The number of benzene rings is 1. The van der Waals surface area contributed by atoms with Gasteiger partial charge >= 0.3 is 5.69 Å². The van der Waals surface area contributed by atoms with Crippen LogP contribution in [-0.4, -0.2) is 33.1 Å². The number of fused-ring (bicyclic) bond motifs is 1. The Morgan fingerprint density at radius 1 is 1.24 bits per heavy atom. The number of methoxy groups -OCH3 is 1. The number of rotatable bonds is 3. The minimum Gasteiger partial charge on any atom is -0.500 e. The zero-order chi connectivity index (χ0) is 21.1. The van der Waals surface area contributed by atoms with E-state index in [4.69, 9.17) is 4.74 Å². The molecule has 1 unspecified atom stereocenters. The number of aromatic nitrogens is 2. The summed E-state index contributed by atoms with van der Waals surface area (Å²) in [7, 11) is 1.28. The predicted octanol–water partition coefficient (Wildman–Crippen LogP) is 2.53. The lowest BCUT2D eigenvalue weighted by Gasteiger charge is -2.37. The summed E-state index contributed by atoms with van der Waals surface area (Å²) in [6.07, 6.45) is 0.869. The van der Waals surface area contributed by atoms with Crippen LogP contribution < -0.4 is 15.6 Å². The van der Waals surface area contributed by atoms with E-state index in [0.717, 1.165) is 0 Å². The lowest BCUT2D eigenvalue weighted by molar-refractivity contribution is -0.386. The second kappa shape index (κ2) is 6.23. The fraction of sp³-hybridized carbons (Fsp3) is 0.368. The summed E-state index contributed by atoms with van der Waals surface area (Å²) in [5, 5.41) is 30.0. The summed E-state index contributed by atoms with van der Waals surface area (Å²) in [5.41, 5.74) is 0.407. The summed E-state index contributed by atoms with van der Waals surface area (Å²) < 4.78 is 5.10. The quantitative estimate of drug-likeness (QED) is 0.456. The third-order valence-corrected chi connectivity index (χ3v) is 5.42. The largest absolute Gasteiger partial charge is 0.500 e. The van der Waals surface area contributed by atoms with Crippen molar-refractivity contribution in [1.82, 2.24) is 10.2 Å². The number of anilines is 1. The van der Waals surface area contributed by atoms with Crippen molar-refractivity contribution in [3.05, 3.63) is 55.0 Å². The number of hydrogen-bond acceptors (Lipinski definition) is 7. The molecule has 152 valence electrons. The first-order valence-corrected chi connectivity index (χ1v) is 9.02. The van der Waals surface area contributed by atoms with Crippen LogP contribution in [0.5, 0.6) is 11.5 Å². The molecule has 4 rings (SSSR count). The van der Waals surface area contributed by atoms with Gasteiger partial charge in [0.25, 0.3) is 5.56 Å². The highest BCUT2D eigenvalue weighted by Crippen LogP contribution is 2.49. The molecule has 1 aromatic heterocycles. The molecular weight excluding hydrogens is 380 g/mol. The summed E-state index contributed by atoms with van der Waals surface area (Å²) in [6.45, 7) is 3.96. The molecule has 29 heavy (non-hydrogen) atoms. The minimum atomic E-state index is -0.826. The molecule has 0 spiro atoms. The van der Waals surface area contributed by atoms with E-state index in [-0.39, 0.29) is 22.5 Å². The number of nitro benzene ring substituents is 1. The number of ketones is 1. The fourth-order valence-corrected chi connectivity index (χ4v) is 4.23. The number of carbonyl (C=O) groups is 1. The highest BCUT2D eigenvalue weighted by molar-refractivity contribution is 6.01. The molecule has 1 aliphatic heterocycles. The van der Waals surface area contributed by atoms with E-state index in [1.54, 1.807) is 0 Å². The number of aromatic amines is 2. The van der Waals surface area contributed by atoms with Gasteiger partial charge in [-0.2, -0.15) is 0 Å². The van der Waals surface area contributed by atoms with Crippen LogP contribution in [-0.2, 0) is 4.79 Å². The van der Waals surface area contributed by atoms with Crippen LogP contribution in [0.1, 0.15) is 43.7 Å². The number of nitrogens with one attached hydrogen (secondary N) is 3. The van der Waals surface area contributed by atoms with E-state index in [2.05, 4.69) is 15.5 Å². The van der Waals surface area contributed by atoms with Gasteiger partial charge in [0.15, 0.2) is 11.5 Å². The van der Waals surface area contributed by atoms with Crippen LogP contribution in [0.2, 0.25) is 0 Å². The molecule has 10 heteroatoms. The van der Waals surface area contributed by atoms with Gasteiger partial charge in [0, 0.05) is 29.7 Å². The summed E-state index contributed by atoms with van der Waals surface area (Å²) >= 11 is 0. The smallest absolute Gasteiger partial charge is 0.314 e. The van der Waals surface area contributed by atoms with E-state index >= 15 is 0 Å². The standard InChI is InChI=1S/C19H20N4O6/c1-19(2)6-9-14(11(24)7-19)13(15-17(20-9)21-22-18(15)26)8-4-10(23(27)28)16(25)12(5-8)29-3/h4-5,13,25H,6-7H2,1-3H3,(H3,20,21,22,26). The molecule has 1 aromatic carbocycles. The molecular formula is C19H20N4O6. The maximum Gasteiger partial charge on any atom is 0.314 e. The number of Topliss-reactive ketones (excluding diaryl/α,β-unsaturated/α-hetero) is 1. The Morgan fingerprint density at radius 3 is 2.62 bits per heavy atom. The molecule has 0 bridgehead atoms. The number of ether oxygens (including phenoxy) is 1. The molecule has 0 saturated heterocycles. The van der Waals surface area contributed by atoms with Crippen molar-refractivity contribution >= 4 is 17.3 Å². The predicted molar refractivity (Wildman–Crippen MR) is 103 cm³/mol. The van der Waals surface area contributed by atoms with Gasteiger partial charge in [-0.1, -0.05) is 13.8 Å². The molecule has 0 radical (unpaired) electrons. The molecule has 10 nitrogen and oxygen atoms in total. The van der Waals surface area contributed by atoms with E-state index in [0.29, 0.717) is 35.5 Å². The Kier molecular flexibility index (Phi) is 4.03. The van der Waals surface area contributed by atoms with Crippen molar-refractivity contribution in [2.45, 2.75) is 32.6 Å². The van der Waals surface area contributed by atoms with Crippen LogP contribution >= 0.6 is 0 Å². The average Bonchev–Trinajstić information content (AvgIpc) is 2.99. The van der Waals surface area contributed by atoms with Crippen LogP contribution in [0.3, 0.4) is 0 Å². The second-order valence-electron chi connectivity index (χ2n) is 8.11. The van der Waals surface area contributed by atoms with Crippen LogP contribution in [0, 0.1) is 15.5 Å². The minimum absolute atomic E-state index is 0.105. The lowest BCUT2D eigenvalue weighted by atomic mass is 9.69. The number of carbonyl (C=O) groups excluding carboxylic acids is 1. The van der Waals surface area contributed by atoms with Gasteiger partial charge in [-0.05, 0) is 23.5 Å². The average molecular weight is 400 g/mol. The Bertz CT molecular complexity index is 1140. The topological polar surface area (TPSA) is 150 Å². The Hall–Kier alpha value is -3.56. The fourth-order valence-electron chi connectivity index (χ4n) is 4.23. The molecule has 2 aromatic rings. The summed E-state index contributed by atoms with van der Waals surface area (Å²) in [4.78, 5) is 36.3. The van der Waals surface area contributed by atoms with Gasteiger partial charge in [-0.25, -0.2) is 0 Å². The monoisotopic (exact) mass is 400 g/mol. The van der Waals surface area contributed by atoms with Gasteiger partial charge < -0.3 is 15.2 Å². The maximum atomic E-state index is 13.1. The third-order valence-electron chi connectivity index (χ3n) is 5.42. The number of H-pyrrole nitrogens is 2. The normalized spacial score (nSPS) is 20.0. The van der Waals surface area contributed by atoms with Gasteiger partial charge in [-0.3, -0.25) is 29.9 Å². The van der Waals surface area contributed by atoms with Gasteiger partial charge in [0.2, 0.25) is 5.75 Å². The van der Waals surface area contributed by atoms with E-state index in [9.17, 15) is 24.8 Å². The Balaban J connectivity index is 2.00. The van der Waals surface area contributed by atoms with Crippen molar-refractivity contribution in [3.8, 4) is 11.5 Å². The van der Waals surface area contributed by atoms with Crippen molar-refractivity contribution in [2.75, 3.05) is 12.4 Å². The SMILES string of the molecule is COc1cc(C2C3=C(CC(C)(C)CC3=O)Nc3[nH][nH]c(=O)c32)cc([N+](=O)[O-])c1O. The number of nitrogens with zero attached hydrogens (tertiary/aromatic N) is 1. The first kappa shape index (κ1) is 18.8. The Labute approximate surface area is 164 Å². The molecule has 0 saturated carbocycles. The number of nitro groups is 1. The highest BCUT2D eigenvalue weighted by atomic mass is 16.6. The zero-order valence-corrected chi connectivity index (χ0v) is 16.1. The number of allylic oxidation sites excluding steroid dienone is 2. The molecule has 1 atom stereocenters. The lowest BCUT2D eigenvalue weighted by Crippen LogP contribution is -2.35. The van der Waals surface area contributed by atoms with Gasteiger partial charge in [-0.15, -0.1) is 0 Å². The van der Waals surface area contributed by atoms with Crippen LogP contribution in [0.25, 0.3) is 0 Å². The Morgan fingerprint density at radius 2 is 1.97 bits per heavy atom. The number of hydrogen-bond donors (Lipinski definition) is 4. The molecule has 1 aliphatic carbocycles. The molecule has 2 aliphatic rings. The van der Waals surface area contributed by atoms with Crippen LogP contribution in [0.4, 0.5) is 11.5 Å². The van der Waals surface area contributed by atoms with Crippen molar-refractivity contribution in [1.29, 1.82) is 0 Å². The van der Waals surface area contributed by atoms with E-state index < -0.39 is 27.8 Å². The number of aromatic hydroxyl groups is 1. The molecule has 0 fully saturated rings. The van der Waals surface area contributed by atoms with Gasteiger partial charge in [0.1, 0.15) is 5.82 Å². The first-order chi connectivity index (χ1) is 13.6. The third kappa shape index (κ3) is 2.87. The molecule has 2 heterocycles. The zero-order valence-electron chi connectivity index (χ0n) is 16.1. The van der Waals surface area contributed by atoms with Gasteiger partial charge in [0.05, 0.1) is 17.6 Å². The van der Waals surface area contributed by atoms with Crippen molar-refractivity contribution in [2.24, 2.45) is 5.41 Å². The molecule has 4 N–H and O–H groups in total. The number of phenolic OH excluding ortho intramolecular Hbond substituents is 1. The van der Waals surface area contributed by atoms with E-state index in [1.165, 1.54) is 19.2 Å². The second-order valence-corrected chi connectivity index (χ2v) is 8.11. The maximum absolute atomic E-state index is 13.1. The molecule has 0 amide bonds. The highest BCUT2D eigenvalue weighted by Gasteiger charge is 2.43. The first-order valence-electron chi connectivity index (χ1n) is 9.02. The number of phenols is 1. The van der Waals surface area contributed by atoms with Crippen molar-refractivity contribution in [3.63, 3.8) is 0 Å².